The van der Waals surface area contributed by atoms with Crippen LogP contribution >= 0.6 is 24.0 Å². The van der Waals surface area contributed by atoms with Gasteiger partial charge in [-0.1, -0.05) is 36.4 Å². The molecule has 0 aliphatic carbocycles. The lowest BCUT2D eigenvalue weighted by Gasteiger charge is -2.11. The van der Waals surface area contributed by atoms with Crippen LogP contribution in [-0.2, 0) is 24.4 Å². The molecule has 0 aliphatic heterocycles. The second-order valence-electron chi connectivity index (χ2n) is 5.65. The first kappa shape index (κ1) is 24.0. The molecule has 0 unspecified atom stereocenters. The minimum Gasteiger partial charge on any atom is -0.406 e. The number of hydrogen-bond donors (Lipinski definition) is 2. The first-order chi connectivity index (χ1) is 12.9. The second-order valence-corrected chi connectivity index (χ2v) is 5.65. The van der Waals surface area contributed by atoms with Crippen LogP contribution in [0.2, 0.25) is 0 Å². The Bertz CT molecular complexity index is 753. The number of ether oxygens (including phenoxy) is 2. The van der Waals surface area contributed by atoms with E-state index in [2.05, 4.69) is 15.0 Å². The number of hydrogen-bond acceptors (Lipinski definition) is 3. The summed E-state index contributed by atoms with van der Waals surface area (Å²) in [5, 5.41) is 3.03. The van der Waals surface area contributed by atoms with Crippen molar-refractivity contribution >= 4 is 29.9 Å². The van der Waals surface area contributed by atoms with E-state index in [9.17, 15) is 13.2 Å². The average molecular weight is 509 g/mol. The zero-order valence-corrected chi connectivity index (χ0v) is 17.7. The van der Waals surface area contributed by atoms with Crippen molar-refractivity contribution in [2.24, 2.45) is 10.7 Å². The molecule has 5 nitrogen and oxygen atoms in total. The highest BCUT2D eigenvalue weighted by Crippen LogP contribution is 2.22. The van der Waals surface area contributed by atoms with Crippen molar-refractivity contribution < 1.29 is 22.6 Å². The highest BCUT2D eigenvalue weighted by molar-refractivity contribution is 14.0. The van der Waals surface area contributed by atoms with Crippen molar-refractivity contribution in [1.29, 1.82) is 0 Å². The lowest BCUT2D eigenvalue weighted by Crippen LogP contribution is -2.31. The molecule has 0 spiro atoms. The van der Waals surface area contributed by atoms with Crippen LogP contribution in [0.1, 0.15) is 23.6 Å². The Hall–Kier alpha value is -2.01. The van der Waals surface area contributed by atoms with E-state index in [0.717, 1.165) is 11.1 Å². The maximum Gasteiger partial charge on any atom is 0.573 e. The molecule has 0 aromatic heterocycles. The molecule has 0 saturated carbocycles. The molecule has 0 fully saturated rings. The van der Waals surface area contributed by atoms with Gasteiger partial charge in [-0.3, -0.25) is 0 Å². The number of nitrogens with zero attached hydrogens (tertiary/aromatic N) is 1. The zero-order valence-electron chi connectivity index (χ0n) is 15.3. The normalized spacial score (nSPS) is 11.6. The molecule has 0 aliphatic rings. The van der Waals surface area contributed by atoms with Gasteiger partial charge >= 0.3 is 6.36 Å². The largest absolute Gasteiger partial charge is 0.573 e. The summed E-state index contributed by atoms with van der Waals surface area (Å²) in [6.07, 6.45) is -4.70. The zero-order chi connectivity index (χ0) is 19.7. The fourth-order valence-electron chi connectivity index (χ4n) is 2.30. The number of guanidine groups is 1. The first-order valence-electron chi connectivity index (χ1n) is 8.40. The molecule has 0 bridgehead atoms. The number of alkyl halides is 3. The van der Waals surface area contributed by atoms with Crippen LogP contribution < -0.4 is 15.8 Å². The molecule has 3 N–H and O–H groups in total. The van der Waals surface area contributed by atoms with Gasteiger partial charge in [-0.25, -0.2) is 4.99 Å². The van der Waals surface area contributed by atoms with Gasteiger partial charge in [-0.05, 0) is 35.7 Å². The van der Waals surface area contributed by atoms with Crippen molar-refractivity contribution in [3.8, 4) is 5.75 Å². The van der Waals surface area contributed by atoms with Crippen molar-refractivity contribution in [1.82, 2.24) is 5.32 Å². The Labute approximate surface area is 179 Å². The summed E-state index contributed by atoms with van der Waals surface area (Å²) < 4.78 is 45.7. The van der Waals surface area contributed by atoms with Gasteiger partial charge in [-0.2, -0.15) is 0 Å². The molecule has 0 atom stereocenters. The molecule has 154 valence electrons. The summed E-state index contributed by atoms with van der Waals surface area (Å²) in [6.45, 7) is 3.84. The predicted molar refractivity (Wildman–Crippen MR) is 112 cm³/mol. The van der Waals surface area contributed by atoms with Gasteiger partial charge in [-0.15, -0.1) is 37.1 Å². The Morgan fingerprint density at radius 2 is 1.71 bits per heavy atom. The summed E-state index contributed by atoms with van der Waals surface area (Å²) in [4.78, 5) is 4.19. The van der Waals surface area contributed by atoms with Crippen LogP contribution in [0.15, 0.2) is 53.5 Å². The summed E-state index contributed by atoms with van der Waals surface area (Å²) in [7, 11) is 0. The van der Waals surface area contributed by atoms with Crippen LogP contribution in [0, 0.1) is 0 Å². The van der Waals surface area contributed by atoms with Crippen molar-refractivity contribution in [2.45, 2.75) is 33.0 Å². The smallest absolute Gasteiger partial charge is 0.406 e. The quantitative estimate of drug-likeness (QED) is 0.316. The van der Waals surface area contributed by atoms with Crippen molar-refractivity contribution in [3.63, 3.8) is 0 Å². The molecule has 28 heavy (non-hydrogen) atoms. The molecular formula is C19H23F3IN3O2. The molecule has 0 saturated heterocycles. The molecular weight excluding hydrogens is 486 g/mol. The number of rotatable bonds is 8. The number of halogens is 4. The molecule has 0 amide bonds. The number of aliphatic imine (C=N–C) groups is 1. The maximum absolute atomic E-state index is 12.1. The number of nitrogens with one attached hydrogen (secondary N) is 1. The third-order valence-corrected chi connectivity index (χ3v) is 3.63. The van der Waals surface area contributed by atoms with Crippen molar-refractivity contribution in [3.05, 3.63) is 65.2 Å². The Morgan fingerprint density at radius 1 is 1.07 bits per heavy atom. The molecule has 2 aromatic carbocycles. The number of nitrogens with two attached hydrogens (primary N) is 1. The fourth-order valence-corrected chi connectivity index (χ4v) is 2.30. The summed E-state index contributed by atoms with van der Waals surface area (Å²) >= 11 is 0. The minimum absolute atomic E-state index is 0. The molecule has 0 heterocycles. The summed E-state index contributed by atoms with van der Waals surface area (Å²) in [6, 6.07) is 13.4. The second kappa shape index (κ2) is 11.7. The van der Waals surface area contributed by atoms with Gasteiger partial charge < -0.3 is 20.5 Å². The van der Waals surface area contributed by atoms with E-state index in [1.807, 2.05) is 31.2 Å². The monoisotopic (exact) mass is 509 g/mol. The van der Waals surface area contributed by atoms with E-state index in [1.54, 1.807) is 0 Å². The molecule has 2 rings (SSSR count). The minimum atomic E-state index is -4.70. The lowest BCUT2D eigenvalue weighted by atomic mass is 10.1. The van der Waals surface area contributed by atoms with E-state index in [1.165, 1.54) is 24.3 Å². The first-order valence-corrected chi connectivity index (χ1v) is 8.40. The highest BCUT2D eigenvalue weighted by Gasteiger charge is 2.30. The van der Waals surface area contributed by atoms with Gasteiger partial charge in [0, 0.05) is 13.2 Å². The fraction of sp³-hybridized carbons (Fsp3) is 0.316. The Kier molecular flexibility index (Phi) is 10.1. The Morgan fingerprint density at radius 3 is 2.32 bits per heavy atom. The summed E-state index contributed by atoms with van der Waals surface area (Å²) in [5.41, 5.74) is 8.70. The van der Waals surface area contributed by atoms with Crippen LogP contribution in [0.4, 0.5) is 13.2 Å². The molecule has 0 radical (unpaired) electrons. The lowest BCUT2D eigenvalue weighted by molar-refractivity contribution is -0.274. The van der Waals surface area contributed by atoms with Crippen LogP contribution in [-0.4, -0.2) is 18.9 Å². The van der Waals surface area contributed by atoms with E-state index < -0.39 is 6.36 Å². The SMILES string of the molecule is CCOCc1ccccc1CNC(N)=NCc1ccc(OC(F)(F)F)cc1.I. The van der Waals surface area contributed by atoms with Crippen LogP contribution in [0.25, 0.3) is 0 Å². The van der Waals surface area contributed by atoms with Gasteiger partial charge in [0.1, 0.15) is 5.75 Å². The topological polar surface area (TPSA) is 68.9 Å². The standard InChI is InChI=1S/C19H22F3N3O2.HI/c1-2-26-13-16-6-4-3-5-15(16)12-25-18(23)24-11-14-7-9-17(10-8-14)27-19(20,21)22;/h3-10H,2,11-13H2,1H3,(H3,23,24,25);1H. The summed E-state index contributed by atoms with van der Waals surface area (Å²) in [5.74, 6) is -0.0240. The van der Waals surface area contributed by atoms with E-state index in [4.69, 9.17) is 10.5 Å². The Balaban J connectivity index is 0.00000392. The molecule has 2 aromatic rings. The molecule has 9 heteroatoms. The van der Waals surface area contributed by atoms with Gasteiger partial charge in [0.25, 0.3) is 0 Å². The third kappa shape index (κ3) is 8.79. The van der Waals surface area contributed by atoms with Gasteiger partial charge in [0.15, 0.2) is 5.96 Å². The predicted octanol–water partition coefficient (Wildman–Crippen LogP) is 4.34. The maximum atomic E-state index is 12.1. The average Bonchev–Trinajstić information content (AvgIpc) is 2.63. The van der Waals surface area contributed by atoms with Crippen molar-refractivity contribution in [2.75, 3.05) is 6.61 Å². The number of benzene rings is 2. The van der Waals surface area contributed by atoms with E-state index in [-0.39, 0.29) is 42.2 Å². The van der Waals surface area contributed by atoms with E-state index >= 15 is 0 Å². The van der Waals surface area contributed by atoms with Crippen LogP contribution in [0.3, 0.4) is 0 Å². The van der Waals surface area contributed by atoms with E-state index in [0.29, 0.717) is 25.3 Å². The van der Waals surface area contributed by atoms with Gasteiger partial charge in [0.2, 0.25) is 0 Å². The third-order valence-electron chi connectivity index (χ3n) is 3.63. The highest BCUT2D eigenvalue weighted by atomic mass is 127. The van der Waals surface area contributed by atoms with Gasteiger partial charge in [0.05, 0.1) is 13.2 Å². The van der Waals surface area contributed by atoms with Crippen LogP contribution in [0.5, 0.6) is 5.75 Å².